The highest BCUT2D eigenvalue weighted by Gasteiger charge is 2.09. The Kier molecular flexibility index (Phi) is 3.93. The average molecular weight is 272 g/mol. The maximum atomic E-state index is 5.91. The van der Waals surface area contributed by atoms with Crippen LogP contribution in [0.5, 0.6) is 0 Å². The van der Waals surface area contributed by atoms with Crippen LogP contribution in [-0.2, 0) is 6.54 Å². The van der Waals surface area contributed by atoms with E-state index in [4.69, 9.17) is 23.2 Å². The van der Waals surface area contributed by atoms with Gasteiger partial charge >= 0.3 is 0 Å². The van der Waals surface area contributed by atoms with Crippen molar-refractivity contribution in [3.05, 3.63) is 39.6 Å². The van der Waals surface area contributed by atoms with Gasteiger partial charge in [-0.25, -0.2) is 0 Å². The summed E-state index contributed by atoms with van der Waals surface area (Å²) in [5.41, 5.74) is 1.01. The fourth-order valence-electron chi connectivity index (χ4n) is 1.43. The number of rotatable bonds is 4. The smallest absolute Gasteiger partial charge is 0.191 e. The van der Waals surface area contributed by atoms with E-state index in [1.54, 1.807) is 6.07 Å². The molecule has 2 aromatic rings. The molecule has 5 nitrogen and oxygen atoms in total. The first-order chi connectivity index (χ1) is 8.15. The van der Waals surface area contributed by atoms with Gasteiger partial charge in [0.25, 0.3) is 0 Å². The quantitative estimate of drug-likeness (QED) is 0.896. The van der Waals surface area contributed by atoms with E-state index in [-0.39, 0.29) is 6.04 Å². The van der Waals surface area contributed by atoms with E-state index in [0.717, 1.165) is 5.56 Å². The summed E-state index contributed by atoms with van der Waals surface area (Å²) in [7, 11) is 0. The summed E-state index contributed by atoms with van der Waals surface area (Å²) in [6.07, 6.45) is 0. The fourth-order valence-corrected chi connectivity index (χ4v) is 2.00. The van der Waals surface area contributed by atoms with E-state index in [1.807, 2.05) is 19.1 Å². The number of benzene rings is 1. The van der Waals surface area contributed by atoms with E-state index >= 15 is 0 Å². The zero-order chi connectivity index (χ0) is 12.3. The lowest BCUT2D eigenvalue weighted by molar-refractivity contribution is 0.547. The van der Waals surface area contributed by atoms with Crippen molar-refractivity contribution in [1.82, 2.24) is 25.9 Å². The second-order valence-electron chi connectivity index (χ2n) is 3.65. The standard InChI is InChI=1S/C10H11Cl2N5/c1-6(10-14-16-17-15-10)13-5-7-2-8(11)4-9(12)3-7/h2-4,6,13H,5H2,1H3,(H,14,15,16,17). The molecule has 0 amide bonds. The molecule has 0 aliphatic rings. The van der Waals surface area contributed by atoms with Crippen molar-refractivity contribution in [2.45, 2.75) is 19.5 Å². The normalized spacial score (nSPS) is 12.6. The van der Waals surface area contributed by atoms with E-state index in [2.05, 4.69) is 25.9 Å². The number of H-pyrrole nitrogens is 1. The van der Waals surface area contributed by atoms with Gasteiger partial charge in [-0.1, -0.05) is 28.4 Å². The van der Waals surface area contributed by atoms with Crippen LogP contribution < -0.4 is 5.32 Å². The zero-order valence-corrected chi connectivity index (χ0v) is 10.6. The van der Waals surface area contributed by atoms with Crippen LogP contribution in [0, 0.1) is 0 Å². The van der Waals surface area contributed by atoms with Gasteiger partial charge in [-0.05, 0) is 30.7 Å². The van der Waals surface area contributed by atoms with Gasteiger partial charge in [0.05, 0.1) is 6.04 Å². The summed E-state index contributed by atoms with van der Waals surface area (Å²) in [6, 6.07) is 5.44. The molecule has 17 heavy (non-hydrogen) atoms. The molecule has 2 rings (SSSR count). The lowest BCUT2D eigenvalue weighted by Crippen LogP contribution is -2.19. The molecule has 1 aromatic heterocycles. The van der Waals surface area contributed by atoms with Crippen molar-refractivity contribution in [3.63, 3.8) is 0 Å². The van der Waals surface area contributed by atoms with E-state index < -0.39 is 0 Å². The van der Waals surface area contributed by atoms with Gasteiger partial charge in [0, 0.05) is 16.6 Å². The van der Waals surface area contributed by atoms with Gasteiger partial charge in [-0.3, -0.25) is 0 Å². The van der Waals surface area contributed by atoms with Crippen LogP contribution in [0.1, 0.15) is 24.4 Å². The Morgan fingerprint density at radius 1 is 1.29 bits per heavy atom. The molecule has 1 atom stereocenters. The summed E-state index contributed by atoms with van der Waals surface area (Å²) in [5, 5.41) is 18.2. The first kappa shape index (κ1) is 12.3. The third-order valence-corrected chi connectivity index (χ3v) is 2.72. The van der Waals surface area contributed by atoms with Crippen molar-refractivity contribution in [2.24, 2.45) is 0 Å². The van der Waals surface area contributed by atoms with Crippen molar-refractivity contribution in [2.75, 3.05) is 0 Å². The maximum Gasteiger partial charge on any atom is 0.191 e. The van der Waals surface area contributed by atoms with E-state index in [9.17, 15) is 0 Å². The molecule has 7 heteroatoms. The van der Waals surface area contributed by atoms with Gasteiger partial charge in [-0.15, -0.1) is 10.2 Å². The van der Waals surface area contributed by atoms with Crippen molar-refractivity contribution in [1.29, 1.82) is 0 Å². The van der Waals surface area contributed by atoms with Crippen LogP contribution >= 0.6 is 23.2 Å². The Morgan fingerprint density at radius 3 is 2.59 bits per heavy atom. The molecule has 0 saturated heterocycles. The van der Waals surface area contributed by atoms with E-state index in [0.29, 0.717) is 22.4 Å². The maximum absolute atomic E-state index is 5.91. The Morgan fingerprint density at radius 2 is 2.00 bits per heavy atom. The molecule has 1 heterocycles. The van der Waals surface area contributed by atoms with Gasteiger partial charge in [-0.2, -0.15) is 5.21 Å². The number of halogens is 2. The molecule has 0 spiro atoms. The Labute approximate surface area is 109 Å². The monoisotopic (exact) mass is 271 g/mol. The zero-order valence-electron chi connectivity index (χ0n) is 9.11. The predicted molar refractivity (Wildman–Crippen MR) is 65.9 cm³/mol. The topological polar surface area (TPSA) is 66.5 Å². The van der Waals surface area contributed by atoms with E-state index in [1.165, 1.54) is 0 Å². The molecular weight excluding hydrogens is 261 g/mol. The van der Waals surface area contributed by atoms with Crippen LogP contribution in [0.15, 0.2) is 18.2 Å². The largest absolute Gasteiger partial charge is 0.303 e. The number of aromatic nitrogens is 4. The molecule has 0 fully saturated rings. The molecule has 1 aromatic carbocycles. The number of nitrogens with one attached hydrogen (secondary N) is 2. The second-order valence-corrected chi connectivity index (χ2v) is 4.52. The first-order valence-corrected chi connectivity index (χ1v) is 5.82. The average Bonchev–Trinajstić information content (AvgIpc) is 2.78. The van der Waals surface area contributed by atoms with Gasteiger partial charge in [0.15, 0.2) is 5.82 Å². The van der Waals surface area contributed by atoms with Crippen molar-refractivity contribution < 1.29 is 0 Å². The SMILES string of the molecule is CC(NCc1cc(Cl)cc(Cl)c1)c1nn[nH]n1. The number of nitrogens with zero attached hydrogens (tertiary/aromatic N) is 3. The summed E-state index contributed by atoms with van der Waals surface area (Å²) in [5.74, 6) is 0.623. The minimum absolute atomic E-state index is 0.00603. The minimum atomic E-state index is 0.00603. The lowest BCUT2D eigenvalue weighted by Gasteiger charge is -2.10. The minimum Gasteiger partial charge on any atom is -0.303 e. The van der Waals surface area contributed by atoms with Gasteiger partial charge in [0.1, 0.15) is 0 Å². The van der Waals surface area contributed by atoms with Gasteiger partial charge in [0.2, 0.25) is 0 Å². The summed E-state index contributed by atoms with van der Waals surface area (Å²) >= 11 is 11.8. The third kappa shape index (κ3) is 3.39. The van der Waals surface area contributed by atoms with Gasteiger partial charge < -0.3 is 5.32 Å². The van der Waals surface area contributed by atoms with Crippen LogP contribution in [0.2, 0.25) is 10.0 Å². The van der Waals surface area contributed by atoms with Crippen molar-refractivity contribution >= 4 is 23.2 Å². The fraction of sp³-hybridized carbons (Fsp3) is 0.300. The third-order valence-electron chi connectivity index (χ3n) is 2.28. The number of hydrogen-bond acceptors (Lipinski definition) is 4. The summed E-state index contributed by atoms with van der Waals surface area (Å²) < 4.78 is 0. The highest BCUT2D eigenvalue weighted by Crippen LogP contribution is 2.19. The first-order valence-electron chi connectivity index (χ1n) is 5.07. The molecule has 0 bridgehead atoms. The number of aromatic amines is 1. The van der Waals surface area contributed by atoms with Crippen LogP contribution in [0.3, 0.4) is 0 Å². The molecule has 0 aliphatic carbocycles. The lowest BCUT2D eigenvalue weighted by atomic mass is 10.2. The molecule has 0 aliphatic heterocycles. The molecule has 2 N–H and O–H groups in total. The van der Waals surface area contributed by atoms with Crippen molar-refractivity contribution in [3.8, 4) is 0 Å². The second kappa shape index (κ2) is 5.44. The Bertz CT molecular complexity index is 465. The summed E-state index contributed by atoms with van der Waals surface area (Å²) in [6.45, 7) is 2.59. The Hall–Kier alpha value is -1.17. The molecular formula is C10H11Cl2N5. The van der Waals surface area contributed by atoms with Crippen LogP contribution in [0.4, 0.5) is 0 Å². The highest BCUT2D eigenvalue weighted by atomic mass is 35.5. The van der Waals surface area contributed by atoms with Crippen LogP contribution in [0.25, 0.3) is 0 Å². The number of hydrogen-bond donors (Lipinski definition) is 2. The summed E-state index contributed by atoms with van der Waals surface area (Å²) in [4.78, 5) is 0. The Balaban J connectivity index is 1.98. The number of tetrazole rings is 1. The predicted octanol–water partition coefficient (Wildman–Crippen LogP) is 2.36. The highest BCUT2D eigenvalue weighted by molar-refractivity contribution is 6.34. The molecule has 1 unspecified atom stereocenters. The molecule has 90 valence electrons. The van der Waals surface area contributed by atoms with Crippen LogP contribution in [-0.4, -0.2) is 20.6 Å². The molecule has 0 radical (unpaired) electrons. The molecule has 0 saturated carbocycles.